The number of hydrogen-bond acceptors (Lipinski definition) is 2. The molecule has 2 nitrogen and oxygen atoms in total. The van der Waals surface area contributed by atoms with E-state index >= 15 is 0 Å². The molecule has 1 aromatic rings. The predicted octanol–water partition coefficient (Wildman–Crippen LogP) is 3.92. The van der Waals surface area contributed by atoms with Gasteiger partial charge in [-0.05, 0) is 50.5 Å². The molecule has 0 radical (unpaired) electrons. The molecule has 1 aromatic heterocycles. The summed E-state index contributed by atoms with van der Waals surface area (Å²) in [5.41, 5.74) is 3.35. The lowest BCUT2D eigenvalue weighted by Crippen LogP contribution is -2.26. The van der Waals surface area contributed by atoms with E-state index in [1.165, 1.54) is 10.8 Å². The average molecular weight is 331 g/mol. The van der Waals surface area contributed by atoms with Crippen LogP contribution in [0.5, 0.6) is 0 Å². The van der Waals surface area contributed by atoms with Gasteiger partial charge >= 0.3 is 0 Å². The van der Waals surface area contributed by atoms with Crippen molar-refractivity contribution >= 4 is 18.2 Å². The summed E-state index contributed by atoms with van der Waals surface area (Å²) in [5, 5.41) is 4.75. The molecule has 1 N–H and O–H groups in total. The van der Waals surface area contributed by atoms with Gasteiger partial charge in [-0.1, -0.05) is 55.2 Å². The SMILES string of the molecule is C=C/C=C(\C=C/C/C=c1/oc2c(/c1=C/C)CC=C2)NC1C=CC=CC1. The Kier molecular flexibility index (Phi) is 5.73. The Balaban J connectivity index is 1.68. The van der Waals surface area contributed by atoms with E-state index in [2.05, 4.69) is 79.6 Å². The van der Waals surface area contributed by atoms with E-state index in [1.807, 2.05) is 12.2 Å². The molecule has 0 aliphatic heterocycles. The first-order valence-electron chi connectivity index (χ1n) is 8.85. The fourth-order valence-electron chi connectivity index (χ4n) is 3.16. The summed E-state index contributed by atoms with van der Waals surface area (Å²) in [4.78, 5) is 0. The Hall–Kier alpha value is -2.74. The zero-order chi connectivity index (χ0) is 17.5. The third kappa shape index (κ3) is 4.21. The number of rotatable bonds is 6. The maximum atomic E-state index is 5.95. The fraction of sp³-hybridized carbons (Fsp3) is 0.217. The number of furan rings is 1. The van der Waals surface area contributed by atoms with Gasteiger partial charge in [0.2, 0.25) is 0 Å². The maximum absolute atomic E-state index is 5.95. The molecule has 2 aliphatic carbocycles. The molecule has 2 aliphatic rings. The molecule has 0 amide bonds. The van der Waals surface area contributed by atoms with Crippen LogP contribution < -0.4 is 16.0 Å². The Bertz CT molecular complexity index is 887. The molecule has 0 bridgehead atoms. The van der Waals surface area contributed by atoms with E-state index in [0.717, 1.165) is 36.1 Å². The van der Waals surface area contributed by atoms with Crippen molar-refractivity contribution in [3.05, 3.63) is 88.9 Å². The fourth-order valence-corrected chi connectivity index (χ4v) is 3.16. The van der Waals surface area contributed by atoms with Crippen LogP contribution in [0, 0.1) is 0 Å². The monoisotopic (exact) mass is 331 g/mol. The minimum atomic E-state index is 0.339. The van der Waals surface area contributed by atoms with Crippen molar-refractivity contribution in [2.45, 2.75) is 32.2 Å². The summed E-state index contributed by atoms with van der Waals surface area (Å²) < 4.78 is 5.95. The second kappa shape index (κ2) is 8.39. The molecule has 25 heavy (non-hydrogen) atoms. The summed E-state index contributed by atoms with van der Waals surface area (Å²) in [6.07, 6.45) is 27.9. The molecule has 2 heteroatoms. The summed E-state index contributed by atoms with van der Waals surface area (Å²) in [7, 11) is 0. The van der Waals surface area contributed by atoms with Crippen LogP contribution in [-0.2, 0) is 6.42 Å². The van der Waals surface area contributed by atoms with E-state index in [9.17, 15) is 0 Å². The molecular formula is C23H25NO. The number of fused-ring (bicyclic) bond motifs is 1. The number of hydrogen-bond donors (Lipinski definition) is 1. The van der Waals surface area contributed by atoms with Crippen molar-refractivity contribution in [3.63, 3.8) is 0 Å². The quantitative estimate of drug-likeness (QED) is 0.799. The first-order valence-corrected chi connectivity index (χ1v) is 8.85. The summed E-state index contributed by atoms with van der Waals surface area (Å²) >= 11 is 0. The average Bonchev–Trinajstić information content (AvgIpc) is 3.20. The third-order valence-electron chi connectivity index (χ3n) is 4.35. The molecule has 3 rings (SSSR count). The van der Waals surface area contributed by atoms with Crippen molar-refractivity contribution in [2.24, 2.45) is 0 Å². The van der Waals surface area contributed by atoms with E-state index in [-0.39, 0.29) is 0 Å². The first kappa shape index (κ1) is 17.1. The smallest absolute Gasteiger partial charge is 0.131 e. The summed E-state index contributed by atoms with van der Waals surface area (Å²) in [6, 6.07) is 0.339. The first-order chi connectivity index (χ1) is 12.3. The molecule has 1 unspecified atom stereocenters. The van der Waals surface area contributed by atoms with E-state index in [0.29, 0.717) is 6.04 Å². The van der Waals surface area contributed by atoms with Gasteiger partial charge < -0.3 is 9.73 Å². The molecule has 128 valence electrons. The van der Waals surface area contributed by atoms with Gasteiger partial charge in [-0.25, -0.2) is 0 Å². The highest BCUT2D eigenvalue weighted by Gasteiger charge is 2.11. The van der Waals surface area contributed by atoms with Crippen LogP contribution in [0.3, 0.4) is 0 Å². The number of nitrogens with one attached hydrogen (secondary N) is 1. The highest BCUT2D eigenvalue weighted by Crippen LogP contribution is 2.14. The summed E-state index contributed by atoms with van der Waals surface area (Å²) in [6.45, 7) is 5.87. The van der Waals surface area contributed by atoms with Crippen LogP contribution in [0.15, 0.2) is 71.4 Å². The lowest BCUT2D eigenvalue weighted by molar-refractivity contribution is 0.520. The van der Waals surface area contributed by atoms with E-state index in [4.69, 9.17) is 4.42 Å². The van der Waals surface area contributed by atoms with Crippen molar-refractivity contribution in [2.75, 3.05) is 0 Å². The van der Waals surface area contributed by atoms with Crippen molar-refractivity contribution in [3.8, 4) is 0 Å². The Labute approximate surface area is 149 Å². The minimum Gasteiger partial charge on any atom is -0.457 e. The molecule has 0 aromatic carbocycles. The number of allylic oxidation sites excluding steroid dienone is 7. The normalized spacial score (nSPS) is 20.7. The zero-order valence-corrected chi connectivity index (χ0v) is 14.7. The van der Waals surface area contributed by atoms with Crippen molar-refractivity contribution in [1.82, 2.24) is 5.32 Å². The van der Waals surface area contributed by atoms with Gasteiger partial charge in [0, 0.05) is 22.5 Å². The van der Waals surface area contributed by atoms with E-state index in [1.54, 1.807) is 0 Å². The van der Waals surface area contributed by atoms with Gasteiger partial charge in [0.25, 0.3) is 0 Å². The van der Waals surface area contributed by atoms with Crippen LogP contribution in [0.25, 0.3) is 18.2 Å². The van der Waals surface area contributed by atoms with Crippen LogP contribution in [0.2, 0.25) is 0 Å². The molecule has 0 fully saturated rings. The summed E-state index contributed by atoms with van der Waals surface area (Å²) in [5.74, 6) is 1.01. The highest BCUT2D eigenvalue weighted by atomic mass is 16.3. The van der Waals surface area contributed by atoms with Crippen molar-refractivity contribution in [1.29, 1.82) is 0 Å². The van der Waals surface area contributed by atoms with Gasteiger partial charge in [0.1, 0.15) is 11.2 Å². The largest absolute Gasteiger partial charge is 0.457 e. The third-order valence-corrected chi connectivity index (χ3v) is 4.35. The van der Waals surface area contributed by atoms with Crippen LogP contribution in [0.4, 0.5) is 0 Å². The zero-order valence-electron chi connectivity index (χ0n) is 14.7. The topological polar surface area (TPSA) is 25.2 Å². The van der Waals surface area contributed by atoms with Crippen LogP contribution in [0.1, 0.15) is 31.1 Å². The Morgan fingerprint density at radius 1 is 1.36 bits per heavy atom. The standard InChI is InChI=1S/C23H25NO/c1-3-11-18(24-19-12-6-5-7-13-19)14-8-9-16-22-20(4-2)21-15-10-17-23(21)25-22/h3-8,10-12,14,16-17,19,24H,1,9,13,15H2,2H3/b14-8-,18-11+,20-4-,22-16+. The van der Waals surface area contributed by atoms with Gasteiger partial charge in [-0.15, -0.1) is 0 Å². The molecule has 0 saturated carbocycles. The predicted molar refractivity (Wildman–Crippen MR) is 107 cm³/mol. The van der Waals surface area contributed by atoms with Crippen molar-refractivity contribution < 1.29 is 4.42 Å². The molecule has 0 spiro atoms. The Morgan fingerprint density at radius 3 is 3.04 bits per heavy atom. The van der Waals surface area contributed by atoms with Crippen LogP contribution in [-0.4, -0.2) is 6.04 Å². The van der Waals surface area contributed by atoms with Gasteiger partial charge in [0.15, 0.2) is 0 Å². The molecule has 0 saturated heterocycles. The van der Waals surface area contributed by atoms with Gasteiger partial charge in [-0.2, -0.15) is 0 Å². The second-order valence-corrected chi connectivity index (χ2v) is 6.12. The molecule has 1 heterocycles. The van der Waals surface area contributed by atoms with E-state index < -0.39 is 0 Å². The highest BCUT2D eigenvalue weighted by molar-refractivity contribution is 5.56. The maximum Gasteiger partial charge on any atom is 0.131 e. The van der Waals surface area contributed by atoms with Gasteiger partial charge in [0.05, 0.1) is 0 Å². The lowest BCUT2D eigenvalue weighted by Gasteiger charge is -2.17. The van der Waals surface area contributed by atoms with Gasteiger partial charge in [-0.3, -0.25) is 0 Å². The lowest BCUT2D eigenvalue weighted by atomic mass is 10.1. The van der Waals surface area contributed by atoms with Crippen LogP contribution >= 0.6 is 0 Å². The molecular weight excluding hydrogens is 306 g/mol. The second-order valence-electron chi connectivity index (χ2n) is 6.12. The minimum absolute atomic E-state index is 0.339. The Morgan fingerprint density at radius 2 is 2.28 bits per heavy atom. The molecule has 1 atom stereocenters.